The van der Waals surface area contributed by atoms with Crippen LogP contribution in [0, 0.1) is 0 Å². The number of carbonyl (C=O) groups excluding carboxylic acids is 3. The fourth-order valence-electron chi connectivity index (χ4n) is 2.70. The van der Waals surface area contributed by atoms with E-state index >= 15 is 0 Å². The van der Waals surface area contributed by atoms with Crippen molar-refractivity contribution in [3.8, 4) is 17.2 Å². The van der Waals surface area contributed by atoms with Crippen LogP contribution in [-0.4, -0.2) is 38.2 Å². The van der Waals surface area contributed by atoms with E-state index in [0.717, 1.165) is 0 Å². The molecule has 0 saturated heterocycles. The molecule has 3 aromatic rings. The Hall–Kier alpha value is -4.37. The minimum atomic E-state index is -0.959. The van der Waals surface area contributed by atoms with Gasteiger partial charge in [-0.25, -0.2) is 10.2 Å². The molecule has 0 radical (unpaired) electrons. The summed E-state index contributed by atoms with van der Waals surface area (Å²) in [6.45, 7) is 0. The van der Waals surface area contributed by atoms with Crippen molar-refractivity contribution in [1.29, 1.82) is 0 Å². The van der Waals surface area contributed by atoms with Gasteiger partial charge < -0.3 is 19.5 Å². The monoisotopic (exact) mass is 481 g/mol. The van der Waals surface area contributed by atoms with Crippen LogP contribution in [0.2, 0.25) is 5.02 Å². The number of nitrogens with one attached hydrogen (secondary N) is 2. The summed E-state index contributed by atoms with van der Waals surface area (Å²) in [6, 6.07) is 17.5. The predicted octanol–water partition coefficient (Wildman–Crippen LogP) is 3.67. The number of methoxy groups -OCH3 is 2. The van der Waals surface area contributed by atoms with E-state index in [1.807, 2.05) is 0 Å². The molecule has 0 bridgehead atoms. The van der Waals surface area contributed by atoms with E-state index in [9.17, 15) is 14.4 Å². The van der Waals surface area contributed by atoms with E-state index in [1.54, 1.807) is 60.7 Å². The molecule has 0 aliphatic rings. The van der Waals surface area contributed by atoms with Crippen molar-refractivity contribution in [2.45, 2.75) is 0 Å². The van der Waals surface area contributed by atoms with Gasteiger partial charge in [-0.1, -0.05) is 17.7 Å². The highest BCUT2D eigenvalue weighted by Crippen LogP contribution is 2.28. The highest BCUT2D eigenvalue weighted by atomic mass is 35.5. The Labute approximate surface area is 200 Å². The van der Waals surface area contributed by atoms with Gasteiger partial charge >= 0.3 is 17.8 Å². The number of esters is 1. The smallest absolute Gasteiger partial charge is 0.343 e. The first kappa shape index (κ1) is 24.3. The van der Waals surface area contributed by atoms with Gasteiger partial charge in [0.15, 0.2) is 11.5 Å². The molecule has 0 saturated carbocycles. The summed E-state index contributed by atoms with van der Waals surface area (Å²) in [4.78, 5) is 36.3. The second-order valence-electron chi connectivity index (χ2n) is 6.69. The number of hydrogen-bond donors (Lipinski definition) is 2. The zero-order valence-corrected chi connectivity index (χ0v) is 19.0. The van der Waals surface area contributed by atoms with Crippen LogP contribution in [0.1, 0.15) is 15.9 Å². The lowest BCUT2D eigenvalue weighted by molar-refractivity contribution is -0.136. The SMILES string of the molecule is COc1cccc(NC(=O)C(=O)N/N=C\c2ccc(OC(=O)c3ccc(Cl)cc3)c(OC)c2)c1. The fourth-order valence-corrected chi connectivity index (χ4v) is 2.82. The van der Waals surface area contributed by atoms with Gasteiger partial charge in [-0.2, -0.15) is 5.10 Å². The zero-order chi connectivity index (χ0) is 24.5. The van der Waals surface area contributed by atoms with Crippen LogP contribution in [0.25, 0.3) is 0 Å². The molecule has 0 aliphatic carbocycles. The molecule has 2 amide bonds. The van der Waals surface area contributed by atoms with E-state index in [-0.39, 0.29) is 11.5 Å². The topological polar surface area (TPSA) is 115 Å². The average molecular weight is 482 g/mol. The van der Waals surface area contributed by atoms with Gasteiger partial charge in [0.05, 0.1) is 26.0 Å². The Morgan fingerprint density at radius 3 is 2.35 bits per heavy atom. The summed E-state index contributed by atoms with van der Waals surface area (Å²) in [5.74, 6) is -1.43. The number of amides is 2. The highest BCUT2D eigenvalue weighted by Gasteiger charge is 2.14. The number of carbonyl (C=O) groups is 3. The lowest BCUT2D eigenvalue weighted by atomic mass is 10.2. The van der Waals surface area contributed by atoms with E-state index in [2.05, 4.69) is 15.8 Å². The molecule has 0 heterocycles. The Bertz CT molecular complexity index is 1230. The minimum Gasteiger partial charge on any atom is -0.497 e. The Morgan fingerprint density at radius 1 is 0.882 bits per heavy atom. The molecular weight excluding hydrogens is 462 g/mol. The largest absolute Gasteiger partial charge is 0.497 e. The van der Waals surface area contributed by atoms with Gasteiger partial charge in [-0.15, -0.1) is 0 Å². The second kappa shape index (κ2) is 11.5. The Balaban J connectivity index is 1.59. The number of rotatable bonds is 7. The number of ether oxygens (including phenoxy) is 3. The molecule has 0 atom stereocenters. The molecular formula is C24H20ClN3O6. The fraction of sp³-hybridized carbons (Fsp3) is 0.0833. The molecule has 0 aliphatic heterocycles. The average Bonchev–Trinajstić information content (AvgIpc) is 2.85. The maximum Gasteiger partial charge on any atom is 0.343 e. The third kappa shape index (κ3) is 6.57. The summed E-state index contributed by atoms with van der Waals surface area (Å²) in [5.41, 5.74) is 3.39. The molecule has 3 rings (SSSR count). The lowest BCUT2D eigenvalue weighted by Gasteiger charge is -2.10. The van der Waals surface area contributed by atoms with Crippen LogP contribution in [0.3, 0.4) is 0 Å². The van der Waals surface area contributed by atoms with Crippen molar-refractivity contribution < 1.29 is 28.6 Å². The molecule has 9 nitrogen and oxygen atoms in total. The quantitative estimate of drug-likeness (QED) is 0.175. The molecule has 10 heteroatoms. The standard InChI is InChI=1S/C24H20ClN3O6/c1-32-19-5-3-4-18(13-19)27-22(29)23(30)28-26-14-15-6-11-20(21(12-15)33-2)34-24(31)16-7-9-17(25)10-8-16/h3-14H,1-2H3,(H,27,29)(H,28,30)/b26-14-. The van der Waals surface area contributed by atoms with E-state index in [0.29, 0.717) is 27.6 Å². The number of hydrogen-bond acceptors (Lipinski definition) is 7. The van der Waals surface area contributed by atoms with Crippen LogP contribution in [0.5, 0.6) is 17.2 Å². The third-order valence-electron chi connectivity index (χ3n) is 4.38. The number of benzene rings is 3. The lowest BCUT2D eigenvalue weighted by Crippen LogP contribution is -2.32. The molecule has 0 fully saturated rings. The maximum atomic E-state index is 12.3. The first-order valence-electron chi connectivity index (χ1n) is 9.84. The Morgan fingerprint density at radius 2 is 1.65 bits per heavy atom. The summed E-state index contributed by atoms with van der Waals surface area (Å²) in [5, 5.41) is 6.72. The van der Waals surface area contributed by atoms with Crippen molar-refractivity contribution in [2.75, 3.05) is 19.5 Å². The summed E-state index contributed by atoms with van der Waals surface area (Å²) in [7, 11) is 2.91. The summed E-state index contributed by atoms with van der Waals surface area (Å²) < 4.78 is 15.7. The maximum absolute atomic E-state index is 12.3. The minimum absolute atomic E-state index is 0.196. The number of nitrogens with zero attached hydrogens (tertiary/aromatic N) is 1. The second-order valence-corrected chi connectivity index (χ2v) is 7.13. The van der Waals surface area contributed by atoms with Crippen molar-refractivity contribution in [2.24, 2.45) is 5.10 Å². The van der Waals surface area contributed by atoms with Gasteiger partial charge in [-0.05, 0) is 60.2 Å². The van der Waals surface area contributed by atoms with Gasteiger partial charge in [0.25, 0.3) is 0 Å². The van der Waals surface area contributed by atoms with Crippen LogP contribution in [0.4, 0.5) is 5.69 Å². The molecule has 0 unspecified atom stereocenters. The van der Waals surface area contributed by atoms with Crippen LogP contribution in [-0.2, 0) is 9.59 Å². The zero-order valence-electron chi connectivity index (χ0n) is 18.2. The predicted molar refractivity (Wildman–Crippen MR) is 127 cm³/mol. The first-order valence-corrected chi connectivity index (χ1v) is 10.2. The Kier molecular flexibility index (Phi) is 8.20. The van der Waals surface area contributed by atoms with Gasteiger partial charge in [0.2, 0.25) is 0 Å². The third-order valence-corrected chi connectivity index (χ3v) is 4.64. The summed E-state index contributed by atoms with van der Waals surface area (Å²) in [6.07, 6.45) is 1.31. The van der Waals surface area contributed by atoms with Crippen molar-refractivity contribution in [1.82, 2.24) is 5.43 Å². The van der Waals surface area contributed by atoms with E-state index in [1.165, 1.54) is 26.5 Å². The van der Waals surface area contributed by atoms with Crippen molar-refractivity contribution in [3.63, 3.8) is 0 Å². The van der Waals surface area contributed by atoms with Gasteiger partial charge in [0.1, 0.15) is 5.75 Å². The van der Waals surface area contributed by atoms with Gasteiger partial charge in [0, 0.05) is 16.8 Å². The van der Waals surface area contributed by atoms with Crippen LogP contribution >= 0.6 is 11.6 Å². The highest BCUT2D eigenvalue weighted by molar-refractivity contribution is 6.39. The summed E-state index contributed by atoms with van der Waals surface area (Å²) >= 11 is 5.83. The molecule has 34 heavy (non-hydrogen) atoms. The van der Waals surface area contributed by atoms with Crippen molar-refractivity contribution in [3.05, 3.63) is 82.9 Å². The molecule has 2 N–H and O–H groups in total. The van der Waals surface area contributed by atoms with E-state index in [4.69, 9.17) is 25.8 Å². The molecule has 0 aromatic heterocycles. The normalized spacial score (nSPS) is 10.4. The number of hydrazone groups is 1. The number of anilines is 1. The van der Waals surface area contributed by atoms with E-state index < -0.39 is 17.8 Å². The van der Waals surface area contributed by atoms with Crippen LogP contribution in [0.15, 0.2) is 71.8 Å². The molecule has 3 aromatic carbocycles. The molecule has 0 spiro atoms. The van der Waals surface area contributed by atoms with Gasteiger partial charge in [-0.3, -0.25) is 9.59 Å². The van der Waals surface area contributed by atoms with Crippen LogP contribution < -0.4 is 25.0 Å². The number of halogens is 1. The first-order chi connectivity index (χ1) is 16.4. The molecule has 174 valence electrons. The van der Waals surface area contributed by atoms with Crippen molar-refractivity contribution >= 4 is 41.3 Å².